The second-order valence-electron chi connectivity index (χ2n) is 2.19. The Morgan fingerprint density at radius 3 is 2.75 bits per heavy atom. The predicted octanol–water partition coefficient (Wildman–Crippen LogP) is 1.88. The number of carbonyl (C=O) groups is 1. The summed E-state index contributed by atoms with van der Waals surface area (Å²) in [7, 11) is 0. The quantitative estimate of drug-likeness (QED) is 0.734. The lowest BCUT2D eigenvalue weighted by Gasteiger charge is -2.01. The van der Waals surface area contributed by atoms with E-state index in [2.05, 4.69) is 4.98 Å². The molecule has 1 heterocycles. The fraction of sp³-hybridized carbons (Fsp3) is 0.143. The number of carboxylic acid groups (broad SMARTS) is 1. The zero-order chi connectivity index (χ0) is 9.30. The van der Waals surface area contributed by atoms with Gasteiger partial charge in [0, 0.05) is 6.20 Å². The molecular weight excluding hydrogens is 185 g/mol. The van der Waals surface area contributed by atoms with Crippen LogP contribution in [0.5, 0.6) is 0 Å². The molecule has 0 aromatic carbocycles. The summed E-state index contributed by atoms with van der Waals surface area (Å²) in [5, 5.41) is 8.33. The maximum absolute atomic E-state index is 13.0. The van der Waals surface area contributed by atoms with Gasteiger partial charge in [-0.1, -0.05) is 11.6 Å². The highest BCUT2D eigenvalue weighted by Crippen LogP contribution is 2.19. The van der Waals surface area contributed by atoms with Crippen molar-refractivity contribution in [3.05, 3.63) is 28.3 Å². The summed E-state index contributed by atoms with van der Waals surface area (Å²) in [5.74, 6) is -2.27. The molecule has 0 unspecified atom stereocenters. The van der Waals surface area contributed by atoms with Gasteiger partial charge in [-0.05, 0) is 6.92 Å². The molecule has 5 heteroatoms. The maximum Gasteiger partial charge on any atom is 0.340 e. The van der Waals surface area contributed by atoms with E-state index in [0.29, 0.717) is 0 Å². The van der Waals surface area contributed by atoms with E-state index in [0.717, 1.165) is 6.20 Å². The van der Waals surface area contributed by atoms with E-state index < -0.39 is 17.3 Å². The molecule has 1 N–H and O–H groups in total. The molecule has 1 aromatic heterocycles. The molecule has 0 bridgehead atoms. The normalized spacial score (nSPS) is 9.92. The number of carboxylic acids is 1. The van der Waals surface area contributed by atoms with Crippen molar-refractivity contribution in [2.45, 2.75) is 6.92 Å². The van der Waals surface area contributed by atoms with Gasteiger partial charge in [0.25, 0.3) is 0 Å². The SMILES string of the molecule is Cc1ncc(Cl)c(C(=O)O)c1F. The lowest BCUT2D eigenvalue weighted by Crippen LogP contribution is -2.04. The number of hydrogen-bond acceptors (Lipinski definition) is 2. The van der Waals surface area contributed by atoms with Crippen molar-refractivity contribution in [1.82, 2.24) is 4.98 Å². The van der Waals surface area contributed by atoms with Gasteiger partial charge in [0.1, 0.15) is 5.56 Å². The third kappa shape index (κ3) is 1.38. The molecule has 0 amide bonds. The average Bonchev–Trinajstić information content (AvgIpc) is 1.97. The van der Waals surface area contributed by atoms with Gasteiger partial charge >= 0.3 is 5.97 Å². The molecule has 0 saturated carbocycles. The van der Waals surface area contributed by atoms with Crippen LogP contribution in [0.2, 0.25) is 5.02 Å². The van der Waals surface area contributed by atoms with E-state index in [1.807, 2.05) is 0 Å². The van der Waals surface area contributed by atoms with Crippen LogP contribution in [0.4, 0.5) is 4.39 Å². The Labute approximate surface area is 72.8 Å². The van der Waals surface area contributed by atoms with Crippen LogP contribution in [0.1, 0.15) is 16.1 Å². The highest BCUT2D eigenvalue weighted by Gasteiger charge is 2.17. The molecule has 1 rings (SSSR count). The summed E-state index contributed by atoms with van der Waals surface area (Å²) >= 11 is 5.41. The van der Waals surface area contributed by atoms with Crippen LogP contribution in [0.3, 0.4) is 0 Å². The van der Waals surface area contributed by atoms with E-state index >= 15 is 0 Å². The Hall–Kier alpha value is -1.16. The molecule has 0 atom stereocenters. The molecule has 0 fully saturated rings. The van der Waals surface area contributed by atoms with Crippen LogP contribution in [-0.2, 0) is 0 Å². The molecule has 0 aliphatic rings. The number of aromatic carboxylic acids is 1. The molecule has 0 aliphatic carbocycles. The van der Waals surface area contributed by atoms with Crippen LogP contribution < -0.4 is 0 Å². The van der Waals surface area contributed by atoms with Crippen molar-refractivity contribution in [3.63, 3.8) is 0 Å². The minimum absolute atomic E-state index is 0.0248. The van der Waals surface area contributed by atoms with Crippen LogP contribution in [-0.4, -0.2) is 16.1 Å². The first-order valence-electron chi connectivity index (χ1n) is 3.08. The second kappa shape index (κ2) is 3.06. The van der Waals surface area contributed by atoms with E-state index in [4.69, 9.17) is 16.7 Å². The molecule has 0 saturated heterocycles. The Bertz CT molecular complexity index is 340. The van der Waals surface area contributed by atoms with Crippen LogP contribution in [0.25, 0.3) is 0 Å². The smallest absolute Gasteiger partial charge is 0.340 e. The highest BCUT2D eigenvalue weighted by atomic mass is 35.5. The minimum atomic E-state index is -1.39. The molecule has 0 spiro atoms. The Morgan fingerprint density at radius 2 is 2.33 bits per heavy atom. The van der Waals surface area contributed by atoms with Crippen LogP contribution in [0.15, 0.2) is 6.20 Å². The number of hydrogen-bond donors (Lipinski definition) is 1. The van der Waals surface area contributed by atoms with Gasteiger partial charge in [-0.15, -0.1) is 0 Å². The first kappa shape index (κ1) is 8.93. The van der Waals surface area contributed by atoms with Crippen LogP contribution in [0, 0.1) is 12.7 Å². The molecule has 1 aromatic rings. The van der Waals surface area contributed by atoms with Gasteiger partial charge in [-0.2, -0.15) is 0 Å². The Kier molecular flexibility index (Phi) is 2.28. The fourth-order valence-electron chi connectivity index (χ4n) is 0.756. The average molecular weight is 190 g/mol. The molecule has 64 valence electrons. The van der Waals surface area contributed by atoms with Crippen molar-refractivity contribution in [2.24, 2.45) is 0 Å². The third-order valence-electron chi connectivity index (χ3n) is 1.36. The third-order valence-corrected chi connectivity index (χ3v) is 1.65. The monoisotopic (exact) mass is 189 g/mol. The summed E-state index contributed by atoms with van der Waals surface area (Å²) in [6, 6.07) is 0. The summed E-state index contributed by atoms with van der Waals surface area (Å²) in [6.07, 6.45) is 1.11. The number of aromatic nitrogens is 1. The highest BCUT2D eigenvalue weighted by molar-refractivity contribution is 6.33. The first-order valence-corrected chi connectivity index (χ1v) is 3.45. The zero-order valence-corrected chi connectivity index (χ0v) is 6.89. The second-order valence-corrected chi connectivity index (χ2v) is 2.59. The standard InChI is InChI=1S/C7H5ClFNO2/c1-3-6(9)5(7(11)12)4(8)2-10-3/h2H,1H3,(H,11,12). The first-order chi connectivity index (χ1) is 5.54. The van der Waals surface area contributed by atoms with Crippen molar-refractivity contribution < 1.29 is 14.3 Å². The molecule has 12 heavy (non-hydrogen) atoms. The summed E-state index contributed by atoms with van der Waals surface area (Å²) in [6.45, 7) is 1.37. The summed E-state index contributed by atoms with van der Waals surface area (Å²) < 4.78 is 13.0. The van der Waals surface area contributed by atoms with Gasteiger partial charge in [0.05, 0.1) is 10.7 Å². The molecular formula is C7H5ClFNO2. The van der Waals surface area contributed by atoms with Crippen molar-refractivity contribution in [2.75, 3.05) is 0 Å². The number of halogens is 2. The lowest BCUT2D eigenvalue weighted by molar-refractivity contribution is 0.0691. The van der Waals surface area contributed by atoms with Gasteiger partial charge in [0.15, 0.2) is 5.82 Å². The van der Waals surface area contributed by atoms with E-state index in [-0.39, 0.29) is 10.7 Å². The number of nitrogens with zero attached hydrogens (tertiary/aromatic N) is 1. The van der Waals surface area contributed by atoms with E-state index in [1.165, 1.54) is 6.92 Å². The van der Waals surface area contributed by atoms with E-state index in [9.17, 15) is 9.18 Å². The predicted molar refractivity (Wildman–Crippen MR) is 40.9 cm³/mol. The maximum atomic E-state index is 13.0. The van der Waals surface area contributed by atoms with Gasteiger partial charge in [-0.25, -0.2) is 9.18 Å². The lowest BCUT2D eigenvalue weighted by atomic mass is 10.2. The van der Waals surface area contributed by atoms with E-state index in [1.54, 1.807) is 0 Å². The zero-order valence-electron chi connectivity index (χ0n) is 6.14. The van der Waals surface area contributed by atoms with Crippen molar-refractivity contribution in [3.8, 4) is 0 Å². The van der Waals surface area contributed by atoms with Gasteiger partial charge < -0.3 is 5.11 Å². The molecule has 3 nitrogen and oxygen atoms in total. The Morgan fingerprint density at radius 1 is 1.75 bits per heavy atom. The number of aryl methyl sites for hydroxylation is 1. The minimum Gasteiger partial charge on any atom is -0.478 e. The van der Waals surface area contributed by atoms with Crippen molar-refractivity contribution >= 4 is 17.6 Å². The summed E-state index contributed by atoms with van der Waals surface area (Å²) in [4.78, 5) is 14.0. The van der Waals surface area contributed by atoms with Gasteiger partial charge in [-0.3, -0.25) is 4.98 Å². The Balaban J connectivity index is 3.43. The summed E-state index contributed by atoms with van der Waals surface area (Å²) in [5.41, 5.74) is -0.499. The number of rotatable bonds is 1. The van der Waals surface area contributed by atoms with Crippen LogP contribution >= 0.6 is 11.6 Å². The fourth-order valence-corrected chi connectivity index (χ4v) is 0.969. The van der Waals surface area contributed by atoms with Crippen molar-refractivity contribution in [1.29, 1.82) is 0 Å². The molecule has 0 aliphatic heterocycles. The van der Waals surface area contributed by atoms with Gasteiger partial charge in [0.2, 0.25) is 0 Å². The topological polar surface area (TPSA) is 50.2 Å². The largest absolute Gasteiger partial charge is 0.478 e. The number of pyridine rings is 1. The molecule has 0 radical (unpaired) electrons.